The fraction of sp³-hybridized carbons (Fsp3) is 0.250. The predicted octanol–water partition coefficient (Wildman–Crippen LogP) is 4.63. The van der Waals surface area contributed by atoms with Gasteiger partial charge in [-0.15, -0.1) is 0 Å². The Morgan fingerprint density at radius 1 is 1.05 bits per heavy atom. The van der Waals surface area contributed by atoms with Gasteiger partial charge in [-0.1, -0.05) is 55.0 Å². The zero-order chi connectivity index (χ0) is 29.8. The van der Waals surface area contributed by atoms with Gasteiger partial charge in [-0.3, -0.25) is 9.36 Å². The highest BCUT2D eigenvalue weighted by Gasteiger charge is 2.34. The number of rotatable bonds is 9. The lowest BCUT2D eigenvalue weighted by Crippen LogP contribution is -2.40. The second kappa shape index (κ2) is 12.4. The number of ether oxygens (including phenoxy) is 3. The number of fused-ring (bicyclic) bond motifs is 1. The number of benzene rings is 2. The topological polar surface area (TPSA) is 109 Å². The summed E-state index contributed by atoms with van der Waals surface area (Å²) in [6.07, 6.45) is 2.94. The van der Waals surface area contributed by atoms with Gasteiger partial charge in [-0.05, 0) is 49.2 Å². The summed E-state index contributed by atoms with van der Waals surface area (Å²) in [6, 6.07) is 17.0. The number of nitrogens with zero attached hydrogens (tertiary/aromatic N) is 2. The van der Waals surface area contributed by atoms with Gasteiger partial charge >= 0.3 is 11.9 Å². The quantitative estimate of drug-likeness (QED) is 0.263. The first-order valence-electron chi connectivity index (χ1n) is 13.5. The van der Waals surface area contributed by atoms with Crippen LogP contribution in [0.4, 0.5) is 0 Å². The molecule has 10 heteroatoms. The Hall–Kier alpha value is -4.70. The summed E-state index contributed by atoms with van der Waals surface area (Å²) in [5.74, 6) is 0.494. The molecule has 1 atom stereocenters. The van der Waals surface area contributed by atoms with Crippen LogP contribution < -0.4 is 19.6 Å². The Labute approximate surface area is 246 Å². The van der Waals surface area contributed by atoms with Gasteiger partial charge < -0.3 is 18.6 Å². The maximum absolute atomic E-state index is 14.0. The first-order chi connectivity index (χ1) is 20.4. The van der Waals surface area contributed by atoms with Crippen molar-refractivity contribution >= 4 is 29.4 Å². The molecule has 9 nitrogen and oxygen atoms in total. The molecule has 1 aliphatic rings. The summed E-state index contributed by atoms with van der Waals surface area (Å²) < 4.78 is 23.8. The van der Waals surface area contributed by atoms with Crippen molar-refractivity contribution in [2.24, 2.45) is 4.99 Å². The van der Waals surface area contributed by atoms with Crippen LogP contribution in [0.1, 0.15) is 54.4 Å². The van der Waals surface area contributed by atoms with Crippen molar-refractivity contribution in [1.82, 2.24) is 4.57 Å². The van der Waals surface area contributed by atoms with Crippen LogP contribution in [0.5, 0.6) is 5.75 Å². The first-order valence-corrected chi connectivity index (χ1v) is 14.3. The molecule has 5 rings (SSSR count). The van der Waals surface area contributed by atoms with E-state index in [1.165, 1.54) is 23.0 Å². The van der Waals surface area contributed by atoms with E-state index in [4.69, 9.17) is 23.6 Å². The van der Waals surface area contributed by atoms with Gasteiger partial charge in [-0.25, -0.2) is 14.6 Å². The van der Waals surface area contributed by atoms with E-state index in [0.717, 1.165) is 6.42 Å². The fourth-order valence-electron chi connectivity index (χ4n) is 4.94. The molecule has 0 bridgehead atoms. The van der Waals surface area contributed by atoms with Crippen molar-refractivity contribution in [3.05, 3.63) is 109 Å². The van der Waals surface area contributed by atoms with Crippen molar-refractivity contribution in [2.45, 2.75) is 32.7 Å². The summed E-state index contributed by atoms with van der Waals surface area (Å²) in [4.78, 5) is 44.8. The molecule has 0 saturated carbocycles. The zero-order valence-corrected chi connectivity index (χ0v) is 24.5. The Kier molecular flexibility index (Phi) is 8.53. The highest BCUT2D eigenvalue weighted by atomic mass is 32.1. The molecule has 1 aliphatic heterocycles. The van der Waals surface area contributed by atoms with Gasteiger partial charge in [0.15, 0.2) is 4.80 Å². The lowest BCUT2D eigenvalue weighted by atomic mass is 9.94. The van der Waals surface area contributed by atoms with Crippen molar-refractivity contribution in [3.8, 4) is 17.1 Å². The van der Waals surface area contributed by atoms with Gasteiger partial charge in [0, 0.05) is 11.6 Å². The molecular weight excluding hydrogens is 556 g/mol. The molecule has 42 heavy (non-hydrogen) atoms. The summed E-state index contributed by atoms with van der Waals surface area (Å²) in [5.41, 5.74) is 2.26. The number of hydrogen-bond donors (Lipinski definition) is 0. The van der Waals surface area contributed by atoms with Crippen LogP contribution in [-0.4, -0.2) is 37.3 Å². The molecule has 4 aromatic rings. The average Bonchev–Trinajstić information content (AvgIpc) is 3.60. The molecular formula is C32H30N2O7S. The Morgan fingerprint density at radius 3 is 2.60 bits per heavy atom. The average molecular weight is 587 g/mol. The van der Waals surface area contributed by atoms with Gasteiger partial charge in [0.1, 0.15) is 17.3 Å². The number of carbonyl (C=O) groups is 2. The number of furan rings is 1. The van der Waals surface area contributed by atoms with Crippen LogP contribution in [0.2, 0.25) is 0 Å². The Morgan fingerprint density at radius 2 is 1.86 bits per heavy atom. The minimum Gasteiger partial charge on any atom is -0.497 e. The van der Waals surface area contributed by atoms with Crippen molar-refractivity contribution in [2.75, 3.05) is 20.8 Å². The minimum absolute atomic E-state index is 0.191. The molecule has 0 amide bonds. The van der Waals surface area contributed by atoms with Gasteiger partial charge in [-0.2, -0.15) is 0 Å². The summed E-state index contributed by atoms with van der Waals surface area (Å²) in [7, 11) is 2.89. The Bertz CT molecular complexity index is 1860. The number of thiazole rings is 1. The van der Waals surface area contributed by atoms with E-state index >= 15 is 0 Å². The van der Waals surface area contributed by atoms with Crippen molar-refractivity contribution in [1.29, 1.82) is 0 Å². The van der Waals surface area contributed by atoms with Gasteiger partial charge in [0.2, 0.25) is 0 Å². The van der Waals surface area contributed by atoms with E-state index in [-0.39, 0.29) is 12.2 Å². The minimum atomic E-state index is -0.752. The molecule has 0 fully saturated rings. The van der Waals surface area contributed by atoms with E-state index in [0.29, 0.717) is 61.0 Å². The number of esters is 2. The number of allylic oxidation sites excluding steroid dienone is 1. The predicted molar refractivity (Wildman–Crippen MR) is 158 cm³/mol. The van der Waals surface area contributed by atoms with E-state index in [2.05, 4.69) is 0 Å². The second-order valence-corrected chi connectivity index (χ2v) is 10.4. The molecule has 0 unspecified atom stereocenters. The summed E-state index contributed by atoms with van der Waals surface area (Å²) in [5, 5.41) is 0. The largest absolute Gasteiger partial charge is 0.497 e. The van der Waals surface area contributed by atoms with E-state index in [1.807, 2.05) is 25.1 Å². The SMILES string of the molecule is CCCC1=C(C(=O)OCC)[C@@H](c2cccc(OC)c2)n2c(s/c(=C/c3ccc(-c4ccccc4C(=O)OC)o3)c2=O)=N1. The molecule has 0 N–H and O–H groups in total. The van der Waals surface area contributed by atoms with Crippen LogP contribution >= 0.6 is 11.3 Å². The number of aromatic nitrogens is 1. The van der Waals surface area contributed by atoms with Crippen LogP contribution in [0, 0.1) is 0 Å². The molecule has 0 saturated heterocycles. The highest BCUT2D eigenvalue weighted by molar-refractivity contribution is 7.07. The summed E-state index contributed by atoms with van der Waals surface area (Å²) >= 11 is 1.22. The molecule has 0 radical (unpaired) electrons. The first kappa shape index (κ1) is 28.8. The lowest BCUT2D eigenvalue weighted by Gasteiger charge is -2.26. The number of carbonyl (C=O) groups excluding carboxylic acids is 2. The third-order valence-electron chi connectivity index (χ3n) is 6.80. The van der Waals surface area contributed by atoms with Gasteiger partial charge in [0.25, 0.3) is 5.56 Å². The maximum atomic E-state index is 14.0. The molecule has 3 heterocycles. The van der Waals surface area contributed by atoms with Crippen LogP contribution in [0.25, 0.3) is 17.4 Å². The van der Waals surface area contributed by atoms with E-state index in [1.54, 1.807) is 62.6 Å². The number of methoxy groups -OCH3 is 2. The van der Waals surface area contributed by atoms with Crippen LogP contribution in [0.15, 0.2) is 86.1 Å². The van der Waals surface area contributed by atoms with Crippen LogP contribution in [-0.2, 0) is 14.3 Å². The smallest absolute Gasteiger partial charge is 0.338 e. The van der Waals surface area contributed by atoms with Crippen LogP contribution in [0.3, 0.4) is 0 Å². The third-order valence-corrected chi connectivity index (χ3v) is 7.78. The second-order valence-electron chi connectivity index (χ2n) is 9.43. The maximum Gasteiger partial charge on any atom is 0.338 e. The lowest BCUT2D eigenvalue weighted by molar-refractivity contribution is -0.139. The Balaban J connectivity index is 1.67. The zero-order valence-electron chi connectivity index (χ0n) is 23.7. The van der Waals surface area contributed by atoms with Gasteiger partial charge in [0.05, 0.1) is 48.2 Å². The van der Waals surface area contributed by atoms with E-state index < -0.39 is 18.0 Å². The highest BCUT2D eigenvalue weighted by Crippen LogP contribution is 2.34. The normalized spacial score (nSPS) is 14.8. The summed E-state index contributed by atoms with van der Waals surface area (Å²) in [6.45, 7) is 3.94. The third kappa shape index (κ3) is 5.45. The van der Waals surface area contributed by atoms with E-state index in [9.17, 15) is 14.4 Å². The van der Waals surface area contributed by atoms with Crippen molar-refractivity contribution < 1.29 is 28.2 Å². The molecule has 216 valence electrons. The molecule has 2 aromatic heterocycles. The molecule has 0 aliphatic carbocycles. The monoisotopic (exact) mass is 586 g/mol. The fourth-order valence-corrected chi connectivity index (χ4v) is 5.94. The van der Waals surface area contributed by atoms with Crippen molar-refractivity contribution in [3.63, 3.8) is 0 Å². The molecule has 2 aromatic carbocycles. The number of hydrogen-bond acceptors (Lipinski definition) is 9. The molecule has 0 spiro atoms. The standard InChI is InChI=1S/C32H30N2O7S/c1-5-10-24-27(31(37)40-6-2)28(19-11-9-12-20(17-19)38-3)34-29(35)26(42-32(34)33-24)18-21-15-16-25(41-21)22-13-7-8-14-23(22)30(36)39-4/h7-9,11-18,28H,5-6,10H2,1-4H3/b26-18+/t28-/m1/s1.